The molecule has 0 spiro atoms. The number of nitrogens with one attached hydrogen (secondary N) is 2. The van der Waals surface area contributed by atoms with E-state index in [2.05, 4.69) is 15.6 Å². The Balaban J connectivity index is 2.38. The molecule has 144 valence electrons. The van der Waals surface area contributed by atoms with E-state index in [-0.39, 0.29) is 23.4 Å². The summed E-state index contributed by atoms with van der Waals surface area (Å²) in [6.07, 6.45) is 1.55. The maximum Gasteiger partial charge on any atom is 0.274 e. The lowest BCUT2D eigenvalue weighted by Gasteiger charge is -2.18. The molecule has 1 heterocycles. The molecule has 2 N–H and O–H groups in total. The second-order valence-electron chi connectivity index (χ2n) is 6.02. The van der Waals surface area contributed by atoms with Gasteiger partial charge in [-0.25, -0.2) is 0 Å². The first-order valence-electron chi connectivity index (χ1n) is 8.93. The molecule has 0 aliphatic heterocycles. The second-order valence-corrected chi connectivity index (χ2v) is 6.02. The number of benzene rings is 1. The largest absolute Gasteiger partial charge is 0.492 e. The average molecular weight is 371 g/mol. The van der Waals surface area contributed by atoms with E-state index in [0.29, 0.717) is 36.1 Å². The summed E-state index contributed by atoms with van der Waals surface area (Å²) in [6, 6.07) is 8.40. The summed E-state index contributed by atoms with van der Waals surface area (Å²) in [6.45, 7) is 8.11. The first-order chi connectivity index (χ1) is 13.0. The van der Waals surface area contributed by atoms with Crippen molar-refractivity contribution in [3.8, 4) is 11.5 Å². The van der Waals surface area contributed by atoms with Crippen molar-refractivity contribution < 1.29 is 19.1 Å². The van der Waals surface area contributed by atoms with Gasteiger partial charge in [0.2, 0.25) is 5.91 Å². The predicted molar refractivity (Wildman–Crippen MR) is 104 cm³/mol. The zero-order chi connectivity index (χ0) is 19.8. The van der Waals surface area contributed by atoms with Crippen molar-refractivity contribution in [1.82, 2.24) is 4.98 Å². The lowest BCUT2D eigenvalue weighted by Crippen LogP contribution is -2.19. The quantitative estimate of drug-likeness (QED) is 0.738. The maximum atomic E-state index is 12.5. The van der Waals surface area contributed by atoms with Crippen LogP contribution in [0.4, 0.5) is 11.4 Å². The molecular weight excluding hydrogens is 346 g/mol. The van der Waals surface area contributed by atoms with Crippen molar-refractivity contribution in [2.45, 2.75) is 27.7 Å². The molecule has 0 saturated carbocycles. The van der Waals surface area contributed by atoms with Crippen molar-refractivity contribution in [1.29, 1.82) is 0 Å². The lowest BCUT2D eigenvalue weighted by molar-refractivity contribution is -0.118. The van der Waals surface area contributed by atoms with Crippen LogP contribution in [0, 0.1) is 5.92 Å². The Morgan fingerprint density at radius 2 is 1.59 bits per heavy atom. The molecule has 1 aromatic heterocycles. The Kier molecular flexibility index (Phi) is 7.16. The minimum absolute atomic E-state index is 0.135. The van der Waals surface area contributed by atoms with Crippen LogP contribution in [0.5, 0.6) is 11.5 Å². The SMILES string of the molecule is CCOc1cc(NC(=O)C(C)C)c(OCC)cc1NC(=O)c1ccccn1. The van der Waals surface area contributed by atoms with E-state index in [0.717, 1.165) is 0 Å². The molecule has 1 aromatic carbocycles. The smallest absolute Gasteiger partial charge is 0.274 e. The molecule has 0 saturated heterocycles. The second kappa shape index (κ2) is 9.56. The Morgan fingerprint density at radius 3 is 2.07 bits per heavy atom. The molecule has 0 atom stereocenters. The molecular formula is C20H25N3O4. The van der Waals surface area contributed by atoms with Crippen molar-refractivity contribution in [3.05, 3.63) is 42.2 Å². The number of carbonyl (C=O) groups is 2. The summed E-state index contributed by atoms with van der Waals surface area (Å²) in [4.78, 5) is 28.6. The third-order valence-corrected chi connectivity index (χ3v) is 3.61. The summed E-state index contributed by atoms with van der Waals surface area (Å²) in [7, 11) is 0. The molecule has 0 aliphatic rings. The summed E-state index contributed by atoms with van der Waals surface area (Å²) < 4.78 is 11.3. The van der Waals surface area contributed by atoms with Crippen molar-refractivity contribution in [2.24, 2.45) is 5.92 Å². The number of nitrogens with zero attached hydrogens (tertiary/aromatic N) is 1. The van der Waals surface area contributed by atoms with Gasteiger partial charge in [0, 0.05) is 24.2 Å². The number of hydrogen-bond donors (Lipinski definition) is 2. The highest BCUT2D eigenvalue weighted by molar-refractivity contribution is 6.04. The molecule has 0 fully saturated rings. The van der Waals surface area contributed by atoms with Gasteiger partial charge in [-0.2, -0.15) is 0 Å². The van der Waals surface area contributed by atoms with Crippen LogP contribution in [-0.2, 0) is 4.79 Å². The van der Waals surface area contributed by atoms with Crippen LogP contribution in [0.2, 0.25) is 0 Å². The first-order valence-corrected chi connectivity index (χ1v) is 8.93. The van der Waals surface area contributed by atoms with Gasteiger partial charge in [0.15, 0.2) is 0 Å². The molecule has 7 heteroatoms. The summed E-state index contributed by atoms with van der Waals surface area (Å²) in [5.41, 5.74) is 1.23. The Labute approximate surface area is 159 Å². The summed E-state index contributed by atoms with van der Waals surface area (Å²) in [5, 5.41) is 5.63. The van der Waals surface area contributed by atoms with Crippen LogP contribution >= 0.6 is 0 Å². The highest BCUT2D eigenvalue weighted by Crippen LogP contribution is 2.37. The van der Waals surface area contributed by atoms with E-state index < -0.39 is 0 Å². The third-order valence-electron chi connectivity index (χ3n) is 3.61. The summed E-state index contributed by atoms with van der Waals surface area (Å²) in [5.74, 6) is 0.204. The van der Waals surface area contributed by atoms with Crippen LogP contribution in [-0.4, -0.2) is 30.0 Å². The number of anilines is 2. The molecule has 2 rings (SSSR count). The fraction of sp³-hybridized carbons (Fsp3) is 0.350. The number of amides is 2. The van der Waals surface area contributed by atoms with E-state index >= 15 is 0 Å². The highest BCUT2D eigenvalue weighted by Gasteiger charge is 2.18. The number of carbonyl (C=O) groups excluding carboxylic acids is 2. The zero-order valence-electron chi connectivity index (χ0n) is 16.0. The Bertz CT molecular complexity index is 791. The zero-order valence-corrected chi connectivity index (χ0v) is 16.0. The van der Waals surface area contributed by atoms with Gasteiger partial charge >= 0.3 is 0 Å². The maximum absolute atomic E-state index is 12.5. The van der Waals surface area contributed by atoms with Gasteiger partial charge < -0.3 is 20.1 Å². The van der Waals surface area contributed by atoms with Crippen LogP contribution in [0.25, 0.3) is 0 Å². The van der Waals surface area contributed by atoms with Crippen LogP contribution in [0.15, 0.2) is 36.5 Å². The van der Waals surface area contributed by atoms with Gasteiger partial charge in [0.25, 0.3) is 5.91 Å². The highest BCUT2D eigenvalue weighted by atomic mass is 16.5. The van der Waals surface area contributed by atoms with Gasteiger partial charge in [-0.05, 0) is 26.0 Å². The van der Waals surface area contributed by atoms with Gasteiger partial charge in [-0.1, -0.05) is 19.9 Å². The number of hydrogen-bond acceptors (Lipinski definition) is 5. The number of rotatable bonds is 8. The number of ether oxygens (including phenoxy) is 2. The van der Waals surface area contributed by atoms with Crippen molar-refractivity contribution in [2.75, 3.05) is 23.8 Å². The molecule has 27 heavy (non-hydrogen) atoms. The van der Waals surface area contributed by atoms with E-state index in [1.165, 1.54) is 0 Å². The topological polar surface area (TPSA) is 89.5 Å². The van der Waals surface area contributed by atoms with Gasteiger partial charge in [0.1, 0.15) is 17.2 Å². The molecule has 0 radical (unpaired) electrons. The lowest BCUT2D eigenvalue weighted by atomic mass is 10.1. The molecule has 0 unspecified atom stereocenters. The van der Waals surface area contributed by atoms with Crippen LogP contribution in [0.3, 0.4) is 0 Å². The van der Waals surface area contributed by atoms with Gasteiger partial charge in [-0.15, -0.1) is 0 Å². The third kappa shape index (κ3) is 5.44. The molecule has 7 nitrogen and oxygen atoms in total. The monoisotopic (exact) mass is 371 g/mol. The number of aromatic nitrogens is 1. The standard InChI is InChI=1S/C20H25N3O4/c1-5-26-17-12-16(23-20(25)14-9-7-8-10-21-14)18(27-6-2)11-15(17)22-19(24)13(3)4/h7-13H,5-6H2,1-4H3,(H,22,24)(H,23,25). The van der Waals surface area contributed by atoms with E-state index in [1.54, 1.807) is 50.4 Å². The van der Waals surface area contributed by atoms with Crippen LogP contribution in [0.1, 0.15) is 38.2 Å². The van der Waals surface area contributed by atoms with Gasteiger partial charge in [0.05, 0.1) is 24.6 Å². The predicted octanol–water partition coefficient (Wildman–Crippen LogP) is 3.73. The minimum Gasteiger partial charge on any atom is -0.492 e. The first kappa shape index (κ1) is 20.2. The normalized spacial score (nSPS) is 10.4. The minimum atomic E-state index is -0.363. The number of pyridine rings is 1. The van der Waals surface area contributed by atoms with Crippen LogP contribution < -0.4 is 20.1 Å². The fourth-order valence-electron chi connectivity index (χ4n) is 2.27. The molecule has 0 bridgehead atoms. The molecule has 2 aromatic rings. The molecule has 2 amide bonds. The summed E-state index contributed by atoms with van der Waals surface area (Å²) >= 11 is 0. The van der Waals surface area contributed by atoms with E-state index in [4.69, 9.17) is 9.47 Å². The van der Waals surface area contributed by atoms with Crippen molar-refractivity contribution >= 4 is 23.2 Å². The van der Waals surface area contributed by atoms with Gasteiger partial charge in [-0.3, -0.25) is 14.6 Å². The van der Waals surface area contributed by atoms with E-state index in [1.807, 2.05) is 13.8 Å². The Hall–Kier alpha value is -3.09. The van der Waals surface area contributed by atoms with Crippen molar-refractivity contribution in [3.63, 3.8) is 0 Å². The molecule has 0 aliphatic carbocycles. The Morgan fingerprint density at radius 1 is 1.00 bits per heavy atom. The van der Waals surface area contributed by atoms with E-state index in [9.17, 15) is 9.59 Å². The average Bonchev–Trinajstić information content (AvgIpc) is 2.65. The fourth-order valence-corrected chi connectivity index (χ4v) is 2.27.